The average Bonchev–Trinajstić information content (AvgIpc) is 3.05. The van der Waals surface area contributed by atoms with Crippen molar-refractivity contribution in [3.8, 4) is 5.75 Å². The number of aliphatic imine (C=N–C) groups is 1. The predicted molar refractivity (Wildman–Crippen MR) is 95.6 cm³/mol. The molecule has 1 heterocycles. The van der Waals surface area contributed by atoms with Gasteiger partial charge in [0.2, 0.25) is 0 Å². The number of nitrogens with one attached hydrogen (secondary N) is 2. The number of ether oxygens (including phenoxy) is 1. The summed E-state index contributed by atoms with van der Waals surface area (Å²) in [7, 11) is 3.34. The molecule has 0 saturated heterocycles. The van der Waals surface area contributed by atoms with Gasteiger partial charge in [-0.05, 0) is 18.1 Å². The Hall–Kier alpha value is -2.21. The number of hydrogen-bond acceptors (Lipinski definition) is 4. The van der Waals surface area contributed by atoms with Gasteiger partial charge in [-0.2, -0.15) is 0 Å². The normalized spacial score (nSPS) is 11.7. The molecule has 0 aliphatic heterocycles. The second-order valence-electron chi connectivity index (χ2n) is 5.61. The molecule has 0 amide bonds. The predicted octanol–water partition coefficient (Wildman–Crippen LogP) is 3.33. The molecular formula is C17H23ClN4O2. The summed E-state index contributed by atoms with van der Waals surface area (Å²) in [6.07, 6.45) is 0. The van der Waals surface area contributed by atoms with Crippen molar-refractivity contribution in [3.63, 3.8) is 0 Å². The van der Waals surface area contributed by atoms with E-state index in [9.17, 15) is 0 Å². The Balaban J connectivity index is 1.90. The largest absolute Gasteiger partial charge is 0.496 e. The van der Waals surface area contributed by atoms with E-state index in [4.69, 9.17) is 20.9 Å². The van der Waals surface area contributed by atoms with E-state index in [1.165, 1.54) is 0 Å². The zero-order chi connectivity index (χ0) is 17.5. The molecule has 2 N–H and O–H groups in total. The number of halogens is 1. The smallest absolute Gasteiger partial charge is 0.191 e. The van der Waals surface area contributed by atoms with E-state index in [2.05, 4.69) is 34.6 Å². The number of nitrogens with zero attached hydrogens (tertiary/aromatic N) is 2. The first-order valence-electron chi connectivity index (χ1n) is 7.76. The van der Waals surface area contributed by atoms with Crippen LogP contribution in [0.2, 0.25) is 5.02 Å². The zero-order valence-corrected chi connectivity index (χ0v) is 15.1. The Morgan fingerprint density at radius 1 is 1.29 bits per heavy atom. The monoisotopic (exact) mass is 350 g/mol. The molecule has 1 aromatic carbocycles. The van der Waals surface area contributed by atoms with E-state index >= 15 is 0 Å². The van der Waals surface area contributed by atoms with Crippen molar-refractivity contribution in [2.45, 2.75) is 32.9 Å². The molecule has 0 fully saturated rings. The minimum Gasteiger partial charge on any atom is -0.496 e. The van der Waals surface area contributed by atoms with E-state index in [0.29, 0.717) is 30.0 Å². The number of guanidine groups is 1. The van der Waals surface area contributed by atoms with Gasteiger partial charge in [0.15, 0.2) is 11.7 Å². The van der Waals surface area contributed by atoms with Crippen LogP contribution < -0.4 is 15.4 Å². The van der Waals surface area contributed by atoms with Crippen molar-refractivity contribution in [2.75, 3.05) is 14.2 Å². The molecule has 0 aliphatic carbocycles. The van der Waals surface area contributed by atoms with Crippen LogP contribution in [0.25, 0.3) is 0 Å². The van der Waals surface area contributed by atoms with Gasteiger partial charge in [0.1, 0.15) is 5.75 Å². The summed E-state index contributed by atoms with van der Waals surface area (Å²) in [5.41, 5.74) is 1.94. The quantitative estimate of drug-likeness (QED) is 0.617. The maximum atomic E-state index is 5.97. The van der Waals surface area contributed by atoms with Crippen LogP contribution in [0, 0.1) is 0 Å². The van der Waals surface area contributed by atoms with Crippen LogP contribution in [0.4, 0.5) is 0 Å². The Morgan fingerprint density at radius 2 is 2.04 bits per heavy atom. The summed E-state index contributed by atoms with van der Waals surface area (Å²) in [5.74, 6) is 2.51. The van der Waals surface area contributed by atoms with Gasteiger partial charge in [-0.25, -0.2) is 0 Å². The maximum Gasteiger partial charge on any atom is 0.191 e. The minimum absolute atomic E-state index is 0.345. The number of methoxy groups -OCH3 is 1. The van der Waals surface area contributed by atoms with E-state index in [0.717, 1.165) is 22.8 Å². The Kier molecular flexibility index (Phi) is 6.49. The lowest BCUT2D eigenvalue weighted by Crippen LogP contribution is -2.36. The first-order chi connectivity index (χ1) is 11.5. The zero-order valence-electron chi connectivity index (χ0n) is 14.4. The van der Waals surface area contributed by atoms with Crippen molar-refractivity contribution in [2.24, 2.45) is 4.99 Å². The van der Waals surface area contributed by atoms with E-state index in [1.807, 2.05) is 18.2 Å². The van der Waals surface area contributed by atoms with Crippen LogP contribution in [0.1, 0.15) is 36.8 Å². The number of hydrogen-bond donors (Lipinski definition) is 2. The standard InChI is InChI=1S/C17H23ClN4O2/c1-11(2)15-8-14(24-22-15)10-21-17(19-3)20-9-12-5-6-13(18)7-16(12)23-4/h5-8,11H,9-10H2,1-4H3,(H2,19,20,21). The third kappa shape index (κ3) is 4.89. The summed E-state index contributed by atoms with van der Waals surface area (Å²) >= 11 is 5.97. The van der Waals surface area contributed by atoms with Gasteiger partial charge in [-0.15, -0.1) is 0 Å². The maximum absolute atomic E-state index is 5.97. The lowest BCUT2D eigenvalue weighted by Gasteiger charge is -2.13. The van der Waals surface area contributed by atoms with Gasteiger partial charge in [0, 0.05) is 30.2 Å². The molecule has 0 atom stereocenters. The third-order valence-corrected chi connectivity index (χ3v) is 3.75. The van der Waals surface area contributed by atoms with Crippen molar-refractivity contribution in [1.29, 1.82) is 0 Å². The highest BCUT2D eigenvalue weighted by Crippen LogP contribution is 2.22. The molecule has 1 aromatic heterocycles. The topological polar surface area (TPSA) is 71.7 Å². The minimum atomic E-state index is 0.345. The highest BCUT2D eigenvalue weighted by atomic mass is 35.5. The number of rotatable bonds is 6. The lowest BCUT2D eigenvalue weighted by atomic mass is 10.1. The Bertz CT molecular complexity index is 698. The first-order valence-corrected chi connectivity index (χ1v) is 8.13. The van der Waals surface area contributed by atoms with Gasteiger partial charge in [-0.1, -0.05) is 36.7 Å². The molecule has 0 saturated carbocycles. The molecule has 0 aliphatic rings. The molecule has 2 rings (SSSR count). The van der Waals surface area contributed by atoms with Crippen molar-refractivity contribution in [3.05, 3.63) is 46.3 Å². The number of aromatic nitrogens is 1. The summed E-state index contributed by atoms with van der Waals surface area (Å²) in [5, 5.41) is 11.1. The Morgan fingerprint density at radius 3 is 2.67 bits per heavy atom. The van der Waals surface area contributed by atoms with Gasteiger partial charge in [0.25, 0.3) is 0 Å². The highest BCUT2D eigenvalue weighted by Gasteiger charge is 2.09. The van der Waals surface area contributed by atoms with Crippen LogP contribution >= 0.6 is 11.6 Å². The highest BCUT2D eigenvalue weighted by molar-refractivity contribution is 6.30. The summed E-state index contributed by atoms with van der Waals surface area (Å²) in [6.45, 7) is 5.23. The molecule has 6 nitrogen and oxygen atoms in total. The summed E-state index contributed by atoms with van der Waals surface area (Å²) in [6, 6.07) is 7.50. The van der Waals surface area contributed by atoms with Crippen LogP contribution in [0.15, 0.2) is 33.8 Å². The lowest BCUT2D eigenvalue weighted by molar-refractivity contribution is 0.372. The first kappa shape index (κ1) is 18.1. The van der Waals surface area contributed by atoms with Crippen LogP contribution in [-0.4, -0.2) is 25.3 Å². The molecule has 130 valence electrons. The molecule has 0 bridgehead atoms. The molecule has 0 unspecified atom stereocenters. The van der Waals surface area contributed by atoms with Crippen molar-refractivity contribution >= 4 is 17.6 Å². The van der Waals surface area contributed by atoms with E-state index in [1.54, 1.807) is 20.2 Å². The van der Waals surface area contributed by atoms with Gasteiger partial charge < -0.3 is 19.9 Å². The molecule has 7 heteroatoms. The molecular weight excluding hydrogens is 328 g/mol. The van der Waals surface area contributed by atoms with Crippen LogP contribution in [-0.2, 0) is 13.1 Å². The van der Waals surface area contributed by atoms with Gasteiger partial charge in [-0.3, -0.25) is 4.99 Å². The molecule has 0 spiro atoms. The second kappa shape index (κ2) is 8.59. The molecule has 2 aromatic rings. The third-order valence-electron chi connectivity index (χ3n) is 3.52. The fourth-order valence-electron chi connectivity index (χ4n) is 2.12. The second-order valence-corrected chi connectivity index (χ2v) is 6.04. The van der Waals surface area contributed by atoms with Gasteiger partial charge >= 0.3 is 0 Å². The molecule has 24 heavy (non-hydrogen) atoms. The summed E-state index contributed by atoms with van der Waals surface area (Å²) < 4.78 is 10.6. The SMILES string of the molecule is CN=C(NCc1cc(C(C)C)no1)NCc1ccc(Cl)cc1OC. The van der Waals surface area contributed by atoms with E-state index < -0.39 is 0 Å². The van der Waals surface area contributed by atoms with Crippen molar-refractivity contribution in [1.82, 2.24) is 15.8 Å². The fraction of sp³-hybridized carbons (Fsp3) is 0.412. The van der Waals surface area contributed by atoms with Crippen molar-refractivity contribution < 1.29 is 9.26 Å². The summed E-state index contributed by atoms with van der Waals surface area (Å²) in [4.78, 5) is 4.20. The fourth-order valence-corrected chi connectivity index (χ4v) is 2.28. The number of benzene rings is 1. The molecule has 0 radical (unpaired) electrons. The Labute approximate surface area is 147 Å². The van der Waals surface area contributed by atoms with Gasteiger partial charge in [0.05, 0.1) is 19.3 Å². The van der Waals surface area contributed by atoms with E-state index in [-0.39, 0.29) is 0 Å². The van der Waals surface area contributed by atoms with Crippen LogP contribution in [0.5, 0.6) is 5.75 Å². The van der Waals surface area contributed by atoms with Crippen LogP contribution in [0.3, 0.4) is 0 Å². The average molecular weight is 351 g/mol.